The van der Waals surface area contributed by atoms with Crippen LogP contribution in [0, 0.1) is 11.3 Å². The van der Waals surface area contributed by atoms with Crippen LogP contribution in [0.4, 0.5) is 18.0 Å². The number of nitrogens with zero attached hydrogens (tertiary/aromatic N) is 2. The molecule has 1 unspecified atom stereocenters. The zero-order valence-corrected chi connectivity index (χ0v) is 26.0. The molecule has 262 valence electrons. The summed E-state index contributed by atoms with van der Waals surface area (Å²) in [4.78, 5) is 71.0. The summed E-state index contributed by atoms with van der Waals surface area (Å²) in [6.45, 7) is 2.76. The minimum atomic E-state index is -5.08. The fourth-order valence-electron chi connectivity index (χ4n) is 3.76. The Morgan fingerprint density at radius 2 is 1.54 bits per heavy atom. The molecule has 0 aliphatic carbocycles. The van der Waals surface area contributed by atoms with Crippen LogP contribution in [-0.4, -0.2) is 93.5 Å². The van der Waals surface area contributed by atoms with E-state index in [1.807, 2.05) is 0 Å². The van der Waals surface area contributed by atoms with Crippen LogP contribution in [0.25, 0.3) is 0 Å². The number of aldehydes is 1. The first-order valence-electron chi connectivity index (χ1n) is 14.1. The number of amides is 3. The van der Waals surface area contributed by atoms with Gasteiger partial charge in [0.1, 0.15) is 25.3 Å². The van der Waals surface area contributed by atoms with Crippen LogP contribution >= 0.6 is 0 Å². The smallest absolute Gasteiger partial charge is 0.481 e. The Morgan fingerprint density at radius 1 is 0.979 bits per heavy atom. The Bertz CT molecular complexity index is 1420. The van der Waals surface area contributed by atoms with Crippen LogP contribution in [-0.2, 0) is 41.7 Å². The summed E-state index contributed by atoms with van der Waals surface area (Å²) in [5.74, 6) is -6.01. The quantitative estimate of drug-likeness (QED) is 0.0724. The minimum Gasteiger partial charge on any atom is -0.481 e. The van der Waals surface area contributed by atoms with E-state index in [-0.39, 0.29) is 37.6 Å². The van der Waals surface area contributed by atoms with Crippen molar-refractivity contribution in [2.24, 2.45) is 17.4 Å². The second kappa shape index (κ2) is 19.2. The fourth-order valence-corrected chi connectivity index (χ4v) is 3.76. The number of hydrogen-bond acceptors (Lipinski definition) is 9. The second-order valence-corrected chi connectivity index (χ2v) is 10.5. The Kier molecular flexibility index (Phi) is 16.2. The molecule has 0 saturated carbocycles. The highest BCUT2D eigenvalue weighted by molar-refractivity contribution is 5.95. The molecular weight excluding hydrogens is 645 g/mol. The van der Waals surface area contributed by atoms with Gasteiger partial charge >= 0.3 is 24.2 Å². The average Bonchev–Trinajstić information content (AvgIpc) is 3.01. The van der Waals surface area contributed by atoms with Crippen molar-refractivity contribution < 1.29 is 56.9 Å². The van der Waals surface area contributed by atoms with Crippen molar-refractivity contribution in [2.75, 3.05) is 13.1 Å². The van der Waals surface area contributed by atoms with Crippen LogP contribution in [0.3, 0.4) is 0 Å². The van der Waals surface area contributed by atoms with Crippen LogP contribution < -0.4 is 16.8 Å². The maximum absolute atomic E-state index is 13.6. The van der Waals surface area contributed by atoms with Gasteiger partial charge in [0, 0.05) is 12.1 Å². The predicted octanol–water partition coefficient (Wildman–Crippen LogP) is 1.67. The monoisotopic (exact) mass is 682 g/mol. The van der Waals surface area contributed by atoms with Gasteiger partial charge in [-0.3, -0.25) is 19.8 Å². The number of ether oxygens (including phenoxy) is 1. The standard InChI is InChI=1S/C28H36N6O7.C2HF3O2/c1-18(2)14-34(28(40)41-17-20-6-4-3-5-7-20)33(15-24(36)32-22(16-35)13-25(37)38)27(39)23(29)12-19-8-10-21(11-9-19)26(30)31;3-2(4,5)1(6)7/h3-11,16,18,22-23H,12-15,17,29H2,1-2H3,(H3,30,31)(H,32,36)(H,37,38);(H,6,7)/t22-,23?;/m0./s1. The molecule has 3 amide bonds. The van der Waals surface area contributed by atoms with Crippen LogP contribution in [0.1, 0.15) is 37.0 Å². The Labute approximate surface area is 273 Å². The first kappa shape index (κ1) is 40.5. The number of carboxylic acids is 2. The van der Waals surface area contributed by atoms with E-state index in [0.29, 0.717) is 16.7 Å². The van der Waals surface area contributed by atoms with Crippen molar-refractivity contribution in [2.45, 2.75) is 51.6 Å². The zero-order valence-electron chi connectivity index (χ0n) is 26.0. The molecule has 2 aromatic carbocycles. The largest absolute Gasteiger partial charge is 0.490 e. The first-order valence-corrected chi connectivity index (χ1v) is 14.1. The van der Waals surface area contributed by atoms with E-state index in [0.717, 1.165) is 10.0 Å². The normalized spacial score (nSPS) is 12.0. The van der Waals surface area contributed by atoms with Gasteiger partial charge < -0.3 is 36.5 Å². The number of carbonyl (C=O) groups excluding carboxylic acids is 4. The number of hydrogen-bond donors (Lipinski definition) is 6. The summed E-state index contributed by atoms with van der Waals surface area (Å²) in [6.07, 6.45) is -6.35. The SMILES string of the molecule is CC(C)CN(C(=O)OCc1ccccc1)N(CC(=O)N[C@H](C=O)CC(=O)O)C(=O)C(N)Cc1ccc(C(=N)N)cc1.O=C(O)C(F)(F)F. The number of nitrogens with two attached hydrogens (primary N) is 2. The number of carbonyl (C=O) groups is 6. The fraction of sp³-hybridized carbons (Fsp3) is 0.367. The topological polar surface area (TPSA) is 247 Å². The molecule has 0 bridgehead atoms. The van der Waals surface area contributed by atoms with Gasteiger partial charge in [0.2, 0.25) is 5.91 Å². The van der Waals surface area contributed by atoms with Crippen molar-refractivity contribution in [1.29, 1.82) is 5.41 Å². The van der Waals surface area contributed by atoms with E-state index in [1.165, 1.54) is 0 Å². The highest BCUT2D eigenvalue weighted by Gasteiger charge is 2.38. The van der Waals surface area contributed by atoms with Crippen molar-refractivity contribution in [3.05, 3.63) is 71.3 Å². The van der Waals surface area contributed by atoms with Crippen molar-refractivity contribution in [3.63, 3.8) is 0 Å². The Hall–Kier alpha value is -5.52. The van der Waals surface area contributed by atoms with E-state index in [2.05, 4.69) is 5.32 Å². The summed E-state index contributed by atoms with van der Waals surface area (Å²) in [7, 11) is 0. The van der Waals surface area contributed by atoms with Gasteiger partial charge in [0.25, 0.3) is 5.91 Å². The summed E-state index contributed by atoms with van der Waals surface area (Å²) < 4.78 is 37.2. The van der Waals surface area contributed by atoms with Crippen LogP contribution in [0.5, 0.6) is 0 Å². The predicted molar refractivity (Wildman–Crippen MR) is 163 cm³/mol. The van der Waals surface area contributed by atoms with E-state index in [1.54, 1.807) is 68.4 Å². The van der Waals surface area contributed by atoms with E-state index in [4.69, 9.17) is 36.6 Å². The molecule has 18 heteroatoms. The maximum atomic E-state index is 13.6. The van der Waals surface area contributed by atoms with E-state index >= 15 is 0 Å². The van der Waals surface area contributed by atoms with Crippen molar-refractivity contribution >= 4 is 42.0 Å². The molecule has 2 atom stereocenters. The van der Waals surface area contributed by atoms with Gasteiger partial charge in [-0.2, -0.15) is 13.2 Å². The summed E-state index contributed by atoms with van der Waals surface area (Å²) >= 11 is 0. The lowest BCUT2D eigenvalue weighted by molar-refractivity contribution is -0.192. The highest BCUT2D eigenvalue weighted by Crippen LogP contribution is 2.14. The van der Waals surface area contributed by atoms with Gasteiger partial charge in [-0.25, -0.2) is 19.6 Å². The number of rotatable bonds is 14. The van der Waals surface area contributed by atoms with Crippen LogP contribution in [0.2, 0.25) is 0 Å². The third-order valence-corrected chi connectivity index (χ3v) is 5.98. The molecule has 0 aromatic heterocycles. The molecule has 48 heavy (non-hydrogen) atoms. The molecule has 0 fully saturated rings. The number of benzene rings is 2. The molecule has 2 rings (SSSR count). The molecule has 0 radical (unpaired) electrons. The number of amidine groups is 1. The lowest BCUT2D eigenvalue weighted by atomic mass is 10.0. The number of alkyl halides is 3. The number of nitrogens with one attached hydrogen (secondary N) is 2. The lowest BCUT2D eigenvalue weighted by Gasteiger charge is -2.36. The third kappa shape index (κ3) is 14.7. The van der Waals surface area contributed by atoms with Crippen molar-refractivity contribution in [3.8, 4) is 0 Å². The number of nitrogen functional groups attached to an aromatic ring is 1. The van der Waals surface area contributed by atoms with Gasteiger partial charge in [0.05, 0.1) is 18.5 Å². The second-order valence-electron chi connectivity index (χ2n) is 10.5. The molecule has 8 N–H and O–H groups in total. The van der Waals surface area contributed by atoms with Gasteiger partial charge in [-0.1, -0.05) is 68.4 Å². The number of aliphatic carboxylic acids is 2. The van der Waals surface area contributed by atoms with Crippen LogP contribution in [0.15, 0.2) is 54.6 Å². The average molecular weight is 683 g/mol. The minimum absolute atomic E-state index is 0.0150. The third-order valence-electron chi connectivity index (χ3n) is 5.98. The van der Waals surface area contributed by atoms with Crippen molar-refractivity contribution in [1.82, 2.24) is 15.3 Å². The number of halogens is 3. The molecule has 0 saturated heterocycles. The maximum Gasteiger partial charge on any atom is 0.490 e. The molecule has 0 aliphatic heterocycles. The van der Waals surface area contributed by atoms with Gasteiger partial charge in [-0.15, -0.1) is 0 Å². The van der Waals surface area contributed by atoms with E-state index in [9.17, 15) is 37.1 Å². The molecule has 0 spiro atoms. The Balaban J connectivity index is 0.00000148. The molecular formula is C30H37F3N6O9. The first-order chi connectivity index (χ1) is 22.3. The molecule has 2 aromatic rings. The summed E-state index contributed by atoms with van der Waals surface area (Å²) in [5, 5.41) is 27.7. The molecule has 15 nitrogen and oxygen atoms in total. The zero-order chi connectivity index (χ0) is 36.6. The molecule has 0 aliphatic rings. The summed E-state index contributed by atoms with van der Waals surface area (Å²) in [6, 6.07) is 12.8. The number of hydrazine groups is 1. The molecule has 0 heterocycles. The van der Waals surface area contributed by atoms with Gasteiger partial charge in [0.15, 0.2) is 0 Å². The lowest BCUT2D eigenvalue weighted by Crippen LogP contribution is -2.59. The Morgan fingerprint density at radius 3 is 2.00 bits per heavy atom. The van der Waals surface area contributed by atoms with Gasteiger partial charge in [-0.05, 0) is 23.5 Å². The number of carboxylic acid groups (broad SMARTS) is 2. The summed E-state index contributed by atoms with van der Waals surface area (Å²) in [5.41, 5.74) is 13.6. The van der Waals surface area contributed by atoms with E-state index < -0.39 is 61.1 Å². The highest BCUT2D eigenvalue weighted by atomic mass is 19.4.